The van der Waals surface area contributed by atoms with Gasteiger partial charge in [-0.2, -0.15) is 0 Å². The highest BCUT2D eigenvalue weighted by Gasteiger charge is 2.45. The maximum atomic E-state index is 13.5. The van der Waals surface area contributed by atoms with Crippen LogP contribution in [0.1, 0.15) is 33.2 Å². The maximum Gasteiger partial charge on any atom is 0.248 e. The molecular formula is C19H25ClN6O3. The molecule has 2 N–H and O–H groups in total. The zero-order valence-electron chi connectivity index (χ0n) is 16.8. The summed E-state index contributed by atoms with van der Waals surface area (Å²) in [6.07, 6.45) is 4.27. The van der Waals surface area contributed by atoms with Crippen LogP contribution in [0.5, 0.6) is 0 Å². The van der Waals surface area contributed by atoms with Gasteiger partial charge >= 0.3 is 0 Å². The number of nitrogens with one attached hydrogen (secondary N) is 1. The molecule has 0 radical (unpaired) electrons. The second-order valence-electron chi connectivity index (χ2n) is 8.25. The van der Waals surface area contributed by atoms with Crippen molar-refractivity contribution in [3.05, 3.63) is 29.7 Å². The van der Waals surface area contributed by atoms with Gasteiger partial charge in [0, 0.05) is 38.0 Å². The maximum absolute atomic E-state index is 13.5. The van der Waals surface area contributed by atoms with Gasteiger partial charge in [-0.15, -0.1) is 5.10 Å². The highest BCUT2D eigenvalue weighted by molar-refractivity contribution is 6.30. The smallest absolute Gasteiger partial charge is 0.248 e. The van der Waals surface area contributed by atoms with Crippen molar-refractivity contribution < 1.29 is 14.7 Å². The molecule has 29 heavy (non-hydrogen) atoms. The number of rotatable bonds is 4. The van der Waals surface area contributed by atoms with Gasteiger partial charge in [-0.05, 0) is 11.5 Å². The third-order valence-corrected chi connectivity index (χ3v) is 5.15. The fourth-order valence-corrected chi connectivity index (χ4v) is 3.77. The van der Waals surface area contributed by atoms with E-state index in [1.165, 1.54) is 22.8 Å². The van der Waals surface area contributed by atoms with Gasteiger partial charge in [0.25, 0.3) is 0 Å². The largest absolute Gasteiger partial charge is 0.391 e. The molecule has 0 bridgehead atoms. The van der Waals surface area contributed by atoms with E-state index in [2.05, 4.69) is 20.6 Å². The normalized spacial score (nSPS) is 20.6. The van der Waals surface area contributed by atoms with Crippen molar-refractivity contribution in [2.45, 2.75) is 45.4 Å². The molecule has 0 aliphatic carbocycles. The zero-order chi connectivity index (χ0) is 21.3. The van der Waals surface area contributed by atoms with E-state index in [0.717, 1.165) is 0 Å². The minimum atomic E-state index is -0.745. The molecule has 3 atom stereocenters. The number of amides is 2. The Bertz CT molecular complexity index is 909. The van der Waals surface area contributed by atoms with Crippen molar-refractivity contribution >= 4 is 23.4 Å². The summed E-state index contributed by atoms with van der Waals surface area (Å²) < 4.78 is 1.50. The summed E-state index contributed by atoms with van der Waals surface area (Å²) >= 11 is 6.01. The molecule has 1 fully saturated rings. The van der Waals surface area contributed by atoms with Crippen LogP contribution in [-0.2, 0) is 9.59 Å². The van der Waals surface area contributed by atoms with Crippen molar-refractivity contribution in [2.75, 3.05) is 13.6 Å². The monoisotopic (exact) mass is 420 g/mol. The van der Waals surface area contributed by atoms with Crippen molar-refractivity contribution in [2.24, 2.45) is 5.41 Å². The van der Waals surface area contributed by atoms with Crippen LogP contribution in [0.2, 0.25) is 5.02 Å². The SMILES string of the molecule is CNC(=O)[C@H]1CC(O)CN1C(=O)C(n1cc(-c2cncc(Cl)c2)nn1)C(C)(C)C. The van der Waals surface area contributed by atoms with Crippen LogP contribution in [0.3, 0.4) is 0 Å². The lowest BCUT2D eigenvalue weighted by molar-refractivity contribution is -0.144. The summed E-state index contributed by atoms with van der Waals surface area (Å²) in [6.45, 7) is 5.85. The van der Waals surface area contributed by atoms with Crippen LogP contribution < -0.4 is 5.32 Å². The van der Waals surface area contributed by atoms with E-state index in [9.17, 15) is 14.7 Å². The molecule has 9 nitrogen and oxygen atoms in total. The number of hydrogen-bond acceptors (Lipinski definition) is 6. The molecule has 0 spiro atoms. The lowest BCUT2D eigenvalue weighted by Gasteiger charge is -2.34. The zero-order valence-corrected chi connectivity index (χ0v) is 17.6. The second kappa shape index (κ2) is 8.08. The van der Waals surface area contributed by atoms with Gasteiger partial charge in [-0.1, -0.05) is 37.6 Å². The number of aromatic nitrogens is 4. The number of pyridine rings is 1. The first kappa shape index (κ1) is 21.2. The third kappa shape index (κ3) is 4.40. The quantitative estimate of drug-likeness (QED) is 0.770. The topological polar surface area (TPSA) is 113 Å². The van der Waals surface area contributed by atoms with Gasteiger partial charge < -0.3 is 15.3 Å². The van der Waals surface area contributed by atoms with Crippen molar-refractivity contribution in [1.29, 1.82) is 0 Å². The van der Waals surface area contributed by atoms with Crippen LogP contribution >= 0.6 is 11.6 Å². The van der Waals surface area contributed by atoms with Crippen LogP contribution in [0.4, 0.5) is 0 Å². The lowest BCUT2D eigenvalue weighted by atomic mass is 9.85. The highest BCUT2D eigenvalue weighted by atomic mass is 35.5. The summed E-state index contributed by atoms with van der Waals surface area (Å²) in [5.41, 5.74) is 0.699. The summed E-state index contributed by atoms with van der Waals surface area (Å²) in [5.74, 6) is -0.588. The minimum Gasteiger partial charge on any atom is -0.391 e. The predicted octanol–water partition coefficient (Wildman–Crippen LogP) is 1.29. The number of carbonyl (C=O) groups is 2. The van der Waals surface area contributed by atoms with E-state index in [0.29, 0.717) is 16.3 Å². The van der Waals surface area contributed by atoms with Crippen molar-refractivity contribution in [1.82, 2.24) is 30.2 Å². The molecule has 2 aromatic heterocycles. The second-order valence-corrected chi connectivity index (χ2v) is 8.69. The molecule has 0 aromatic carbocycles. The number of likely N-dealkylation sites (tertiary alicyclic amines) is 1. The minimum absolute atomic E-state index is 0.100. The molecule has 156 valence electrons. The fraction of sp³-hybridized carbons (Fsp3) is 0.526. The Morgan fingerprint density at radius 1 is 1.34 bits per heavy atom. The first-order valence-electron chi connectivity index (χ1n) is 9.34. The van der Waals surface area contributed by atoms with Gasteiger partial charge in [0.05, 0.1) is 17.3 Å². The van der Waals surface area contributed by atoms with Gasteiger partial charge in [0.2, 0.25) is 11.8 Å². The Labute approximate surface area is 174 Å². The number of halogens is 1. The van der Waals surface area contributed by atoms with Crippen LogP contribution in [0.25, 0.3) is 11.3 Å². The van der Waals surface area contributed by atoms with E-state index in [4.69, 9.17) is 11.6 Å². The lowest BCUT2D eigenvalue weighted by Crippen LogP contribution is -2.49. The summed E-state index contributed by atoms with van der Waals surface area (Å²) in [5, 5.41) is 21.5. The van der Waals surface area contributed by atoms with Crippen LogP contribution in [0.15, 0.2) is 24.7 Å². The number of carbonyl (C=O) groups excluding carboxylic acids is 2. The molecule has 2 aromatic rings. The predicted molar refractivity (Wildman–Crippen MR) is 107 cm³/mol. The van der Waals surface area contributed by atoms with Gasteiger partial charge in [0.1, 0.15) is 17.8 Å². The number of β-amino-alcohol motifs (C(OH)–C–C–N with tert-alkyl or cyclic N) is 1. The highest BCUT2D eigenvalue weighted by Crippen LogP contribution is 2.35. The Morgan fingerprint density at radius 3 is 2.69 bits per heavy atom. The van der Waals surface area contributed by atoms with E-state index in [-0.39, 0.29) is 24.8 Å². The molecule has 2 amide bonds. The molecule has 3 rings (SSSR count). The standard InChI is InChI=1S/C19H25ClN6O3/c1-19(2,3)16(18(29)25-9-13(27)6-15(25)17(28)21-4)26-10-14(23-24-26)11-5-12(20)8-22-7-11/h5,7-8,10,13,15-16,27H,6,9H2,1-4H3,(H,21,28)/t13?,15-,16?/m1/s1. The van der Waals surface area contributed by atoms with Gasteiger partial charge in [0.15, 0.2) is 0 Å². The van der Waals surface area contributed by atoms with Gasteiger partial charge in [-0.25, -0.2) is 4.68 Å². The molecule has 0 saturated carbocycles. The van der Waals surface area contributed by atoms with E-state index in [1.54, 1.807) is 18.5 Å². The molecule has 1 aliphatic heterocycles. The fourth-order valence-electron chi connectivity index (χ4n) is 3.60. The van der Waals surface area contributed by atoms with E-state index in [1.807, 2.05) is 20.8 Å². The summed E-state index contributed by atoms with van der Waals surface area (Å²) in [6, 6.07) is 0.288. The van der Waals surface area contributed by atoms with E-state index >= 15 is 0 Å². The van der Waals surface area contributed by atoms with Crippen molar-refractivity contribution in [3.63, 3.8) is 0 Å². The summed E-state index contributed by atoms with van der Waals surface area (Å²) in [4.78, 5) is 31.2. The number of likely N-dealkylation sites (N-methyl/N-ethyl adjacent to an activating group) is 1. The Balaban J connectivity index is 1.95. The first-order valence-corrected chi connectivity index (χ1v) is 9.72. The van der Waals surface area contributed by atoms with E-state index < -0.39 is 23.6 Å². The molecule has 2 unspecified atom stereocenters. The third-order valence-electron chi connectivity index (χ3n) is 4.94. The molecule has 3 heterocycles. The Kier molecular flexibility index (Phi) is 5.90. The number of aliphatic hydroxyl groups excluding tert-OH is 1. The van der Waals surface area contributed by atoms with Gasteiger partial charge in [-0.3, -0.25) is 14.6 Å². The number of hydrogen-bond donors (Lipinski definition) is 2. The summed E-state index contributed by atoms with van der Waals surface area (Å²) in [7, 11) is 1.51. The van der Waals surface area contributed by atoms with Crippen LogP contribution in [0, 0.1) is 5.41 Å². The Morgan fingerprint density at radius 2 is 2.07 bits per heavy atom. The molecule has 10 heteroatoms. The first-order chi connectivity index (χ1) is 13.6. The number of nitrogens with zero attached hydrogens (tertiary/aromatic N) is 5. The number of aliphatic hydroxyl groups is 1. The average Bonchev–Trinajstić information content (AvgIpc) is 3.27. The average molecular weight is 421 g/mol. The van der Waals surface area contributed by atoms with Crippen LogP contribution in [-0.4, -0.2) is 67.5 Å². The molecule has 1 saturated heterocycles. The molecular weight excluding hydrogens is 396 g/mol. The molecule has 1 aliphatic rings. The Hall–Kier alpha value is -2.52. The van der Waals surface area contributed by atoms with Crippen molar-refractivity contribution in [3.8, 4) is 11.3 Å².